The number of halogens is 1. The summed E-state index contributed by atoms with van der Waals surface area (Å²) in [7, 11) is 0. The molecule has 0 spiro atoms. The molecule has 0 aliphatic carbocycles. The number of rotatable bonds is 2. The lowest BCUT2D eigenvalue weighted by atomic mass is 10.1. The Morgan fingerprint density at radius 3 is 2.71 bits per heavy atom. The first-order chi connectivity index (χ1) is 10.1. The van der Waals surface area contributed by atoms with Crippen molar-refractivity contribution in [1.82, 2.24) is 14.5 Å². The van der Waals surface area contributed by atoms with Gasteiger partial charge in [0.05, 0.1) is 17.9 Å². The van der Waals surface area contributed by atoms with E-state index in [0.717, 1.165) is 11.3 Å². The van der Waals surface area contributed by atoms with E-state index in [4.69, 9.17) is 0 Å². The number of fused-ring (bicyclic) bond motifs is 1. The zero-order valence-corrected chi connectivity index (χ0v) is 11.7. The molecule has 5 heteroatoms. The van der Waals surface area contributed by atoms with Crippen LogP contribution in [0.25, 0.3) is 10.9 Å². The van der Waals surface area contributed by atoms with Crippen LogP contribution in [0.3, 0.4) is 0 Å². The largest absolute Gasteiger partial charge is 0.291 e. The zero-order chi connectivity index (χ0) is 15.0. The molecule has 3 aromatic rings. The molecular formula is C16H14FN3O. The molecule has 1 aromatic carbocycles. The van der Waals surface area contributed by atoms with Crippen LogP contribution in [0.4, 0.5) is 4.39 Å². The molecule has 0 bridgehead atoms. The molecule has 21 heavy (non-hydrogen) atoms. The van der Waals surface area contributed by atoms with E-state index in [1.165, 1.54) is 17.0 Å². The van der Waals surface area contributed by atoms with E-state index < -0.39 is 5.82 Å². The van der Waals surface area contributed by atoms with Crippen molar-refractivity contribution < 1.29 is 4.39 Å². The second-order valence-corrected chi connectivity index (χ2v) is 5.00. The smallest absolute Gasteiger partial charge is 0.264 e. The molecule has 1 atom stereocenters. The Labute approximate surface area is 120 Å². The number of aryl methyl sites for hydroxylation is 1. The van der Waals surface area contributed by atoms with E-state index in [-0.39, 0.29) is 17.0 Å². The molecule has 0 aliphatic rings. The summed E-state index contributed by atoms with van der Waals surface area (Å²) in [4.78, 5) is 20.9. The molecular weight excluding hydrogens is 269 g/mol. The van der Waals surface area contributed by atoms with E-state index in [2.05, 4.69) is 9.97 Å². The van der Waals surface area contributed by atoms with Gasteiger partial charge < -0.3 is 0 Å². The van der Waals surface area contributed by atoms with Crippen molar-refractivity contribution in [3.63, 3.8) is 0 Å². The lowest BCUT2D eigenvalue weighted by molar-refractivity contribution is 0.597. The third-order valence-electron chi connectivity index (χ3n) is 3.60. The summed E-state index contributed by atoms with van der Waals surface area (Å²) in [6.45, 7) is 3.76. The average molecular weight is 283 g/mol. The molecule has 0 amide bonds. The van der Waals surface area contributed by atoms with Gasteiger partial charge in [0, 0.05) is 11.9 Å². The fourth-order valence-electron chi connectivity index (χ4n) is 2.30. The number of hydrogen-bond donors (Lipinski definition) is 0. The standard InChI is InChI=1S/C16H14FN3O/c1-10-6-7-12(8-18-10)11(2)20-9-19-14-5-3-4-13(17)15(14)16(20)21/h3-9,11H,1-2H3/t11-/m1/s1. The predicted molar refractivity (Wildman–Crippen MR) is 78.7 cm³/mol. The minimum atomic E-state index is -0.548. The van der Waals surface area contributed by atoms with E-state index >= 15 is 0 Å². The van der Waals surface area contributed by atoms with Gasteiger partial charge in [-0.25, -0.2) is 9.37 Å². The van der Waals surface area contributed by atoms with Crippen LogP contribution in [0.1, 0.15) is 24.2 Å². The summed E-state index contributed by atoms with van der Waals surface area (Å²) in [6.07, 6.45) is 3.17. The summed E-state index contributed by atoms with van der Waals surface area (Å²) in [5, 5.41) is 0.0203. The Hall–Kier alpha value is -2.56. The maximum atomic E-state index is 13.9. The number of aromatic nitrogens is 3. The van der Waals surface area contributed by atoms with Gasteiger partial charge in [-0.15, -0.1) is 0 Å². The van der Waals surface area contributed by atoms with Crippen molar-refractivity contribution in [2.45, 2.75) is 19.9 Å². The number of benzene rings is 1. The maximum Gasteiger partial charge on any atom is 0.264 e. The molecule has 0 saturated heterocycles. The lowest BCUT2D eigenvalue weighted by Crippen LogP contribution is -2.25. The van der Waals surface area contributed by atoms with Crippen LogP contribution in [0, 0.1) is 12.7 Å². The molecule has 0 radical (unpaired) electrons. The first-order valence-electron chi connectivity index (χ1n) is 6.66. The van der Waals surface area contributed by atoms with Crippen LogP contribution in [0.2, 0.25) is 0 Å². The van der Waals surface area contributed by atoms with Crippen molar-refractivity contribution in [3.8, 4) is 0 Å². The molecule has 0 N–H and O–H groups in total. The fraction of sp³-hybridized carbons (Fsp3) is 0.188. The Balaban J connectivity index is 2.17. The van der Waals surface area contributed by atoms with Gasteiger partial charge in [-0.3, -0.25) is 14.3 Å². The third kappa shape index (κ3) is 2.31. The van der Waals surface area contributed by atoms with Gasteiger partial charge in [0.15, 0.2) is 0 Å². The second kappa shape index (κ2) is 5.09. The van der Waals surface area contributed by atoms with Gasteiger partial charge in [-0.05, 0) is 37.6 Å². The van der Waals surface area contributed by atoms with Crippen LogP contribution >= 0.6 is 0 Å². The van der Waals surface area contributed by atoms with E-state index in [1.807, 2.05) is 26.0 Å². The highest BCUT2D eigenvalue weighted by Gasteiger charge is 2.14. The van der Waals surface area contributed by atoms with Crippen molar-refractivity contribution in [2.75, 3.05) is 0 Å². The first-order valence-corrected chi connectivity index (χ1v) is 6.66. The highest BCUT2D eigenvalue weighted by Crippen LogP contribution is 2.17. The number of nitrogens with zero attached hydrogens (tertiary/aromatic N) is 3. The molecule has 0 unspecified atom stereocenters. The van der Waals surface area contributed by atoms with E-state index in [0.29, 0.717) is 5.52 Å². The minimum Gasteiger partial charge on any atom is -0.291 e. The van der Waals surface area contributed by atoms with Gasteiger partial charge in [0.25, 0.3) is 5.56 Å². The monoisotopic (exact) mass is 283 g/mol. The molecule has 3 rings (SSSR count). The highest BCUT2D eigenvalue weighted by atomic mass is 19.1. The van der Waals surface area contributed by atoms with Gasteiger partial charge in [0.2, 0.25) is 0 Å². The minimum absolute atomic E-state index is 0.0203. The van der Waals surface area contributed by atoms with E-state index in [9.17, 15) is 9.18 Å². The zero-order valence-electron chi connectivity index (χ0n) is 11.7. The molecule has 0 saturated carbocycles. The Bertz CT molecular complexity index is 856. The van der Waals surface area contributed by atoms with Gasteiger partial charge >= 0.3 is 0 Å². The van der Waals surface area contributed by atoms with Crippen LogP contribution in [0.5, 0.6) is 0 Å². The predicted octanol–water partition coefficient (Wildman–Crippen LogP) is 2.85. The summed E-state index contributed by atoms with van der Waals surface area (Å²) < 4.78 is 15.3. The Morgan fingerprint density at radius 2 is 2.00 bits per heavy atom. The number of pyridine rings is 1. The van der Waals surface area contributed by atoms with Crippen molar-refractivity contribution in [2.24, 2.45) is 0 Å². The topological polar surface area (TPSA) is 47.8 Å². The normalized spacial score (nSPS) is 12.5. The van der Waals surface area contributed by atoms with Crippen LogP contribution in [-0.2, 0) is 0 Å². The van der Waals surface area contributed by atoms with Crippen LogP contribution in [0.15, 0.2) is 47.7 Å². The fourth-order valence-corrected chi connectivity index (χ4v) is 2.30. The van der Waals surface area contributed by atoms with Gasteiger partial charge in [-0.1, -0.05) is 12.1 Å². The second-order valence-electron chi connectivity index (χ2n) is 5.00. The molecule has 2 heterocycles. The summed E-state index contributed by atoms with van der Waals surface area (Å²) in [6, 6.07) is 7.97. The highest BCUT2D eigenvalue weighted by molar-refractivity contribution is 5.77. The quantitative estimate of drug-likeness (QED) is 0.726. The summed E-state index contributed by atoms with van der Waals surface area (Å²) in [5.41, 5.74) is 1.76. The van der Waals surface area contributed by atoms with Crippen molar-refractivity contribution >= 4 is 10.9 Å². The van der Waals surface area contributed by atoms with Gasteiger partial charge in [0.1, 0.15) is 11.2 Å². The van der Waals surface area contributed by atoms with E-state index in [1.54, 1.807) is 18.3 Å². The average Bonchev–Trinajstić information content (AvgIpc) is 2.48. The van der Waals surface area contributed by atoms with Crippen molar-refractivity contribution in [3.05, 3.63) is 70.3 Å². The number of hydrogen-bond acceptors (Lipinski definition) is 3. The maximum absolute atomic E-state index is 13.9. The molecule has 106 valence electrons. The summed E-state index contributed by atoms with van der Waals surface area (Å²) in [5.74, 6) is -0.548. The third-order valence-corrected chi connectivity index (χ3v) is 3.60. The lowest BCUT2D eigenvalue weighted by Gasteiger charge is -2.15. The molecule has 4 nitrogen and oxygen atoms in total. The van der Waals surface area contributed by atoms with Crippen molar-refractivity contribution in [1.29, 1.82) is 0 Å². The first kappa shape index (κ1) is 13.4. The summed E-state index contributed by atoms with van der Waals surface area (Å²) >= 11 is 0. The molecule has 0 fully saturated rings. The SMILES string of the molecule is Cc1ccc([C@@H](C)n2cnc3cccc(F)c3c2=O)cn1. The van der Waals surface area contributed by atoms with Crippen LogP contribution in [-0.4, -0.2) is 14.5 Å². The van der Waals surface area contributed by atoms with Crippen LogP contribution < -0.4 is 5.56 Å². The Kier molecular flexibility index (Phi) is 3.25. The van der Waals surface area contributed by atoms with Gasteiger partial charge in [-0.2, -0.15) is 0 Å². The Morgan fingerprint density at radius 1 is 1.19 bits per heavy atom. The molecule has 2 aromatic heterocycles. The molecule has 0 aliphatic heterocycles.